The zero-order chi connectivity index (χ0) is 24.9. The lowest BCUT2D eigenvalue weighted by atomic mass is 10.1. The van der Waals surface area contributed by atoms with Crippen molar-refractivity contribution < 1.29 is 4.74 Å². The molecule has 0 saturated heterocycles. The fraction of sp³-hybridized carbons (Fsp3) is 0.185. The van der Waals surface area contributed by atoms with E-state index >= 15 is 0 Å². The molecule has 0 saturated carbocycles. The Morgan fingerprint density at radius 2 is 2.00 bits per heavy atom. The first-order valence-corrected chi connectivity index (χ1v) is 11.2. The fourth-order valence-electron chi connectivity index (χ4n) is 3.99. The van der Waals surface area contributed by atoms with Crippen LogP contribution in [0.1, 0.15) is 30.2 Å². The van der Waals surface area contributed by atoms with Crippen LogP contribution < -0.4 is 21.3 Å². The van der Waals surface area contributed by atoms with E-state index in [-0.39, 0.29) is 23.6 Å². The molecular formula is C27H26N6O2. The normalized spacial score (nSPS) is 10.5. The number of benzene rings is 2. The first kappa shape index (κ1) is 23.5. The third-order valence-electron chi connectivity index (χ3n) is 5.61. The highest BCUT2D eigenvalue weighted by molar-refractivity contribution is 6.16. The van der Waals surface area contributed by atoms with Gasteiger partial charge in [0.2, 0.25) is 0 Å². The van der Waals surface area contributed by atoms with Crippen molar-refractivity contribution in [2.75, 3.05) is 18.2 Å². The summed E-state index contributed by atoms with van der Waals surface area (Å²) in [4.78, 5) is 22.1. The van der Waals surface area contributed by atoms with Crippen molar-refractivity contribution in [3.05, 3.63) is 82.0 Å². The summed E-state index contributed by atoms with van der Waals surface area (Å²) >= 11 is 0. The first-order chi connectivity index (χ1) is 17.0. The maximum absolute atomic E-state index is 13.8. The van der Waals surface area contributed by atoms with Crippen molar-refractivity contribution in [3.8, 4) is 23.3 Å². The first-order valence-electron chi connectivity index (χ1n) is 11.2. The Balaban J connectivity index is 1.86. The molecule has 2 heterocycles. The topological polar surface area (TPSA) is 119 Å². The molecule has 0 atom stereocenters. The largest absolute Gasteiger partial charge is 0.495 e. The summed E-state index contributed by atoms with van der Waals surface area (Å²) < 4.78 is 7.20. The average Bonchev–Trinajstić information content (AvgIpc) is 2.86. The summed E-state index contributed by atoms with van der Waals surface area (Å²) in [5.41, 5.74) is 8.49. The maximum Gasteiger partial charge on any atom is 0.263 e. The highest BCUT2D eigenvalue weighted by atomic mass is 16.5. The van der Waals surface area contributed by atoms with Crippen LogP contribution in [-0.4, -0.2) is 27.4 Å². The van der Waals surface area contributed by atoms with Gasteiger partial charge in [-0.05, 0) is 42.0 Å². The summed E-state index contributed by atoms with van der Waals surface area (Å²) in [5.74, 6) is 6.77. The van der Waals surface area contributed by atoms with Crippen LogP contribution in [0, 0.1) is 24.2 Å². The Labute approximate surface area is 203 Å². The van der Waals surface area contributed by atoms with Crippen LogP contribution in [-0.2, 0) is 6.54 Å². The van der Waals surface area contributed by atoms with E-state index < -0.39 is 0 Å². The Kier molecular flexibility index (Phi) is 6.78. The highest BCUT2D eigenvalue weighted by Gasteiger charge is 2.18. The molecule has 0 aliphatic rings. The molecule has 8 nitrogen and oxygen atoms in total. The average molecular weight is 467 g/mol. The van der Waals surface area contributed by atoms with Crippen molar-refractivity contribution in [3.63, 3.8) is 0 Å². The van der Waals surface area contributed by atoms with Gasteiger partial charge in [-0.3, -0.25) is 14.8 Å². The molecule has 176 valence electrons. The number of ether oxygens (including phenoxy) is 1. The second kappa shape index (κ2) is 10.1. The number of rotatable bonds is 6. The van der Waals surface area contributed by atoms with E-state index in [0.29, 0.717) is 40.3 Å². The second-order valence-electron chi connectivity index (χ2n) is 7.85. The lowest BCUT2D eigenvalue weighted by Gasteiger charge is -2.19. The Hall–Kier alpha value is -4.64. The van der Waals surface area contributed by atoms with Crippen LogP contribution in [0.25, 0.3) is 16.5 Å². The molecule has 0 aliphatic heterocycles. The van der Waals surface area contributed by atoms with Crippen LogP contribution in [0.4, 0.5) is 11.6 Å². The van der Waals surface area contributed by atoms with Crippen LogP contribution in [0.15, 0.2) is 59.7 Å². The summed E-state index contributed by atoms with van der Waals surface area (Å²) in [5, 5.41) is 13.1. The number of para-hydroxylation sites is 2. The molecule has 4 N–H and O–H groups in total. The third kappa shape index (κ3) is 4.57. The van der Waals surface area contributed by atoms with Crippen molar-refractivity contribution in [1.82, 2.24) is 14.5 Å². The fourth-order valence-corrected chi connectivity index (χ4v) is 3.99. The summed E-state index contributed by atoms with van der Waals surface area (Å²) in [6.45, 7) is 4.06. The van der Waals surface area contributed by atoms with Gasteiger partial charge in [-0.1, -0.05) is 43.2 Å². The van der Waals surface area contributed by atoms with E-state index in [0.717, 1.165) is 10.9 Å². The number of nitrogens with zero attached hydrogens (tertiary/aromatic N) is 3. The van der Waals surface area contributed by atoms with E-state index in [9.17, 15) is 4.79 Å². The summed E-state index contributed by atoms with van der Waals surface area (Å²) in [6.07, 6.45) is 1.94. The number of nitrogens with one attached hydrogen (secondary N) is 2. The minimum Gasteiger partial charge on any atom is -0.495 e. The number of aryl methyl sites for hydroxylation is 1. The van der Waals surface area contributed by atoms with Gasteiger partial charge in [0.1, 0.15) is 29.4 Å². The number of anilines is 2. The Morgan fingerprint density at radius 3 is 2.77 bits per heavy atom. The molecule has 0 fully saturated rings. The van der Waals surface area contributed by atoms with Crippen LogP contribution >= 0.6 is 0 Å². The van der Waals surface area contributed by atoms with Gasteiger partial charge in [0.25, 0.3) is 5.56 Å². The lowest BCUT2D eigenvalue weighted by molar-refractivity contribution is 0.412. The zero-order valence-corrected chi connectivity index (χ0v) is 19.8. The van der Waals surface area contributed by atoms with Gasteiger partial charge >= 0.3 is 0 Å². The van der Waals surface area contributed by atoms with E-state index in [4.69, 9.17) is 15.9 Å². The lowest BCUT2D eigenvalue weighted by Crippen LogP contribution is -2.25. The number of hydrogen-bond acceptors (Lipinski definition) is 7. The molecule has 0 unspecified atom stereocenters. The third-order valence-corrected chi connectivity index (χ3v) is 5.61. The Morgan fingerprint density at radius 1 is 1.20 bits per heavy atom. The van der Waals surface area contributed by atoms with Gasteiger partial charge in [0.05, 0.1) is 30.3 Å². The molecule has 8 heteroatoms. The number of nitrogens with two attached hydrogens (primary N) is 1. The van der Waals surface area contributed by atoms with E-state index in [1.54, 1.807) is 11.7 Å². The molecule has 0 amide bonds. The highest BCUT2D eigenvalue weighted by Crippen LogP contribution is 2.26. The van der Waals surface area contributed by atoms with Gasteiger partial charge in [-0.25, -0.2) is 9.97 Å². The minimum atomic E-state index is -0.147. The number of aromatic nitrogens is 3. The van der Waals surface area contributed by atoms with Crippen molar-refractivity contribution in [2.45, 2.75) is 26.8 Å². The molecule has 35 heavy (non-hydrogen) atoms. The van der Waals surface area contributed by atoms with Gasteiger partial charge in [-0.2, -0.15) is 0 Å². The van der Waals surface area contributed by atoms with Crippen molar-refractivity contribution in [1.29, 1.82) is 5.41 Å². The predicted molar refractivity (Wildman–Crippen MR) is 140 cm³/mol. The molecule has 0 aliphatic carbocycles. The molecule has 0 radical (unpaired) electrons. The molecule has 0 bridgehead atoms. The molecule has 2 aromatic carbocycles. The monoisotopic (exact) mass is 466 g/mol. The number of fused-ring (bicyclic) bond motifs is 1. The van der Waals surface area contributed by atoms with E-state index in [1.165, 1.54) is 6.33 Å². The summed E-state index contributed by atoms with van der Waals surface area (Å²) in [7, 11) is 1.58. The molecule has 4 aromatic rings. The standard InChI is InChI=1S/C27H26N6O2/c1-4-5-11-20(28)24-25(29)31-16-32-26(24)30-15-19-14-18-10-8-9-17(2)23(18)27(34)33(19)21-12-6-7-13-22(21)35-3/h6-10,12-14,16,28H,4,15H2,1-3H3,(H3,29,30,31,32). The smallest absolute Gasteiger partial charge is 0.263 e. The van der Waals surface area contributed by atoms with Crippen molar-refractivity contribution in [2.24, 2.45) is 0 Å². The molecule has 2 aromatic heterocycles. The van der Waals surface area contributed by atoms with Crippen LogP contribution in [0.5, 0.6) is 5.75 Å². The molecule has 0 spiro atoms. The number of nitrogen functional groups attached to an aromatic ring is 1. The predicted octanol–water partition coefficient (Wildman–Crippen LogP) is 4.07. The number of methoxy groups -OCH3 is 1. The van der Waals surface area contributed by atoms with Gasteiger partial charge in [-0.15, -0.1) is 0 Å². The maximum atomic E-state index is 13.8. The Bertz CT molecular complexity index is 1550. The van der Waals surface area contributed by atoms with Gasteiger partial charge < -0.3 is 15.8 Å². The van der Waals surface area contributed by atoms with Gasteiger partial charge in [0, 0.05) is 12.1 Å². The van der Waals surface area contributed by atoms with Crippen molar-refractivity contribution >= 4 is 28.1 Å². The quantitative estimate of drug-likeness (QED) is 0.291. The summed E-state index contributed by atoms with van der Waals surface area (Å²) in [6, 6.07) is 15.1. The zero-order valence-electron chi connectivity index (χ0n) is 19.8. The number of hydrogen-bond donors (Lipinski definition) is 3. The minimum absolute atomic E-state index is 0.0312. The van der Waals surface area contributed by atoms with Crippen LogP contribution in [0.3, 0.4) is 0 Å². The van der Waals surface area contributed by atoms with E-state index in [1.807, 2.05) is 62.4 Å². The molecule has 4 rings (SSSR count). The second-order valence-corrected chi connectivity index (χ2v) is 7.85. The van der Waals surface area contributed by atoms with Crippen LogP contribution in [0.2, 0.25) is 0 Å². The van der Waals surface area contributed by atoms with E-state index in [2.05, 4.69) is 27.1 Å². The SMILES string of the molecule is CCC#CC(=N)c1c(N)ncnc1NCc1cc2cccc(C)c2c(=O)n1-c1ccccc1OC. The number of pyridine rings is 1. The molecular weight excluding hydrogens is 440 g/mol. The van der Waals surface area contributed by atoms with Gasteiger partial charge in [0.15, 0.2) is 0 Å².